The highest BCUT2D eigenvalue weighted by atomic mass is 16.7. The molecule has 4 fully saturated rings. The van der Waals surface area contributed by atoms with E-state index in [9.17, 15) is 10.2 Å². The lowest BCUT2D eigenvalue weighted by Gasteiger charge is -2.66. The van der Waals surface area contributed by atoms with Gasteiger partial charge in [0.25, 0.3) is 0 Å². The van der Waals surface area contributed by atoms with Crippen LogP contribution < -0.4 is 0 Å². The molecule has 5 heteroatoms. The molecular weight excluding hydrogens is 344 g/mol. The highest BCUT2D eigenvalue weighted by Crippen LogP contribution is 2.68. The molecule has 1 spiro atoms. The number of rotatable bonds is 3. The largest absolute Gasteiger partial charge is 0.396 e. The Labute approximate surface area is 163 Å². The zero-order chi connectivity index (χ0) is 19.5. The normalized spacial score (nSPS) is 55.3. The van der Waals surface area contributed by atoms with Gasteiger partial charge in [0.15, 0.2) is 6.29 Å². The quantitative estimate of drug-likeness (QED) is 0.784. The lowest BCUT2D eigenvalue weighted by atomic mass is 9.43. The lowest BCUT2D eigenvalue weighted by Crippen LogP contribution is -2.68. The summed E-state index contributed by atoms with van der Waals surface area (Å²) in [6.45, 7) is 9.93. The van der Waals surface area contributed by atoms with Gasteiger partial charge in [-0.15, -0.1) is 0 Å². The molecule has 2 N–H and O–H groups in total. The van der Waals surface area contributed by atoms with Crippen molar-refractivity contribution >= 4 is 0 Å². The van der Waals surface area contributed by atoms with Gasteiger partial charge >= 0.3 is 0 Å². The van der Waals surface area contributed by atoms with Gasteiger partial charge in [0.2, 0.25) is 0 Å². The van der Waals surface area contributed by atoms with Crippen LogP contribution in [-0.2, 0) is 14.2 Å². The summed E-state index contributed by atoms with van der Waals surface area (Å²) in [5, 5.41) is 19.7. The molecule has 0 amide bonds. The molecule has 0 bridgehead atoms. The second-order valence-corrected chi connectivity index (χ2v) is 10.3. The maximum absolute atomic E-state index is 10.1. The first kappa shape index (κ1) is 20.1. The van der Waals surface area contributed by atoms with Crippen molar-refractivity contribution in [1.29, 1.82) is 0 Å². The first-order valence-electron chi connectivity index (χ1n) is 10.9. The fourth-order valence-corrected chi connectivity index (χ4v) is 7.46. The molecule has 0 aromatic rings. The van der Waals surface area contributed by atoms with Crippen molar-refractivity contribution in [1.82, 2.24) is 0 Å². The molecular formula is C22H38O5. The molecule has 27 heavy (non-hydrogen) atoms. The monoisotopic (exact) mass is 382 g/mol. The fourth-order valence-electron chi connectivity index (χ4n) is 7.46. The van der Waals surface area contributed by atoms with Gasteiger partial charge in [-0.3, -0.25) is 0 Å². The second kappa shape index (κ2) is 6.66. The third-order valence-electron chi connectivity index (χ3n) is 9.07. The summed E-state index contributed by atoms with van der Waals surface area (Å²) in [6, 6.07) is 0. The van der Waals surface area contributed by atoms with Crippen LogP contribution in [0.15, 0.2) is 0 Å². The molecule has 4 aliphatic rings. The van der Waals surface area contributed by atoms with Crippen LogP contribution in [0.4, 0.5) is 0 Å². The standard InChI is InChI=1S/C22H38O5/c1-15-5-6-17-19(3)14-25-16(2)26-18(19)7-8-20(17,4)22(15)10-9-21(13-24,27-22)11-12-23/h15-18,23-24H,5-14H2,1-4H3/t15-,16+,17+,18+,19+,20+,21+,22-/m1/s1. The van der Waals surface area contributed by atoms with Crippen LogP contribution in [0.2, 0.25) is 0 Å². The molecule has 0 aromatic carbocycles. The van der Waals surface area contributed by atoms with E-state index in [0.717, 1.165) is 38.7 Å². The summed E-state index contributed by atoms with van der Waals surface area (Å²) >= 11 is 0. The van der Waals surface area contributed by atoms with Crippen LogP contribution >= 0.6 is 0 Å². The molecule has 8 atom stereocenters. The summed E-state index contributed by atoms with van der Waals surface area (Å²) < 4.78 is 19.1. The Morgan fingerprint density at radius 1 is 1.00 bits per heavy atom. The number of aliphatic hydroxyl groups is 2. The predicted octanol–water partition coefficient (Wildman–Crippen LogP) is 3.26. The summed E-state index contributed by atoms with van der Waals surface area (Å²) in [6.07, 6.45) is 6.92. The molecule has 0 aromatic heterocycles. The van der Waals surface area contributed by atoms with Crippen molar-refractivity contribution in [2.24, 2.45) is 22.7 Å². The predicted molar refractivity (Wildman–Crippen MR) is 102 cm³/mol. The Balaban J connectivity index is 1.70. The highest BCUT2D eigenvalue weighted by molar-refractivity contribution is 5.18. The molecule has 156 valence electrons. The molecule has 4 rings (SSSR count). The molecule has 2 aliphatic heterocycles. The molecule has 2 saturated carbocycles. The SMILES string of the molecule is C[C@H]1OC[C@]2(C)[C@H](CC[C@@]3(C)[C@H]2CC[C@@H](C)[C@]32CC[C@@](CO)(CCO)O2)O1. The molecule has 0 unspecified atom stereocenters. The van der Waals surface area contributed by atoms with Crippen molar-refractivity contribution in [2.45, 2.75) is 96.2 Å². The van der Waals surface area contributed by atoms with Gasteiger partial charge in [-0.1, -0.05) is 20.8 Å². The number of hydrogen-bond donors (Lipinski definition) is 2. The minimum Gasteiger partial charge on any atom is -0.396 e. The first-order chi connectivity index (χ1) is 12.8. The summed E-state index contributed by atoms with van der Waals surface area (Å²) in [4.78, 5) is 0. The molecule has 2 saturated heterocycles. The second-order valence-electron chi connectivity index (χ2n) is 10.3. The maximum Gasteiger partial charge on any atom is 0.155 e. The number of hydrogen-bond acceptors (Lipinski definition) is 5. The Bertz CT molecular complexity index is 569. The van der Waals surface area contributed by atoms with Crippen molar-refractivity contribution in [2.75, 3.05) is 19.8 Å². The van der Waals surface area contributed by atoms with Crippen molar-refractivity contribution < 1.29 is 24.4 Å². The average molecular weight is 383 g/mol. The molecule has 2 heterocycles. The zero-order valence-corrected chi connectivity index (χ0v) is 17.5. The topological polar surface area (TPSA) is 68.2 Å². The van der Waals surface area contributed by atoms with E-state index in [1.54, 1.807) is 0 Å². The van der Waals surface area contributed by atoms with E-state index in [2.05, 4.69) is 20.8 Å². The number of ether oxygens (including phenoxy) is 3. The summed E-state index contributed by atoms with van der Waals surface area (Å²) in [7, 11) is 0. The van der Waals surface area contributed by atoms with E-state index in [-0.39, 0.29) is 42.0 Å². The van der Waals surface area contributed by atoms with E-state index in [0.29, 0.717) is 18.3 Å². The molecule has 2 aliphatic carbocycles. The van der Waals surface area contributed by atoms with Gasteiger partial charge in [-0.25, -0.2) is 0 Å². The van der Waals surface area contributed by atoms with Crippen molar-refractivity contribution in [3.63, 3.8) is 0 Å². The summed E-state index contributed by atoms with van der Waals surface area (Å²) in [5.41, 5.74) is -0.766. The van der Waals surface area contributed by atoms with Crippen LogP contribution in [0.1, 0.15) is 72.6 Å². The lowest BCUT2D eigenvalue weighted by molar-refractivity contribution is -0.325. The van der Waals surface area contributed by atoms with Gasteiger partial charge in [0.05, 0.1) is 30.5 Å². The van der Waals surface area contributed by atoms with Gasteiger partial charge in [0, 0.05) is 23.9 Å². The average Bonchev–Trinajstić information content (AvgIpc) is 3.03. The third-order valence-corrected chi connectivity index (χ3v) is 9.07. The van der Waals surface area contributed by atoms with E-state index in [4.69, 9.17) is 14.2 Å². The van der Waals surface area contributed by atoms with Crippen LogP contribution in [0.25, 0.3) is 0 Å². The fraction of sp³-hybridized carbons (Fsp3) is 1.00. The Morgan fingerprint density at radius 3 is 2.48 bits per heavy atom. The molecule has 5 nitrogen and oxygen atoms in total. The highest BCUT2D eigenvalue weighted by Gasteiger charge is 2.69. The summed E-state index contributed by atoms with van der Waals surface area (Å²) in [5.74, 6) is 0.937. The Hall–Kier alpha value is -0.200. The van der Waals surface area contributed by atoms with E-state index in [1.165, 1.54) is 6.42 Å². The van der Waals surface area contributed by atoms with Crippen LogP contribution in [0, 0.1) is 22.7 Å². The first-order valence-corrected chi connectivity index (χ1v) is 10.9. The van der Waals surface area contributed by atoms with Gasteiger partial charge < -0.3 is 24.4 Å². The smallest absolute Gasteiger partial charge is 0.155 e. The van der Waals surface area contributed by atoms with Crippen molar-refractivity contribution in [3.8, 4) is 0 Å². The van der Waals surface area contributed by atoms with Crippen LogP contribution in [-0.4, -0.2) is 53.6 Å². The van der Waals surface area contributed by atoms with E-state index in [1.807, 2.05) is 6.92 Å². The minimum absolute atomic E-state index is 0.00753. The number of fused-ring (bicyclic) bond motifs is 4. The van der Waals surface area contributed by atoms with E-state index < -0.39 is 5.60 Å². The maximum atomic E-state index is 10.1. The van der Waals surface area contributed by atoms with Crippen molar-refractivity contribution in [3.05, 3.63) is 0 Å². The third kappa shape index (κ3) is 2.68. The van der Waals surface area contributed by atoms with E-state index >= 15 is 0 Å². The Morgan fingerprint density at radius 2 is 1.78 bits per heavy atom. The van der Waals surface area contributed by atoms with Crippen LogP contribution in [0.3, 0.4) is 0 Å². The van der Waals surface area contributed by atoms with Gasteiger partial charge in [-0.05, 0) is 57.3 Å². The zero-order valence-electron chi connectivity index (χ0n) is 17.5. The van der Waals surface area contributed by atoms with Gasteiger partial charge in [0.1, 0.15) is 0 Å². The van der Waals surface area contributed by atoms with Crippen LogP contribution in [0.5, 0.6) is 0 Å². The number of aliphatic hydroxyl groups excluding tert-OH is 2. The Kier molecular flexibility index (Phi) is 4.96. The van der Waals surface area contributed by atoms with Gasteiger partial charge in [-0.2, -0.15) is 0 Å². The molecule has 0 radical (unpaired) electrons. The minimum atomic E-state index is -0.584.